The van der Waals surface area contributed by atoms with Gasteiger partial charge in [-0.2, -0.15) is 0 Å². The van der Waals surface area contributed by atoms with E-state index in [0.29, 0.717) is 18.4 Å². The molecule has 4 bridgehead atoms. The van der Waals surface area contributed by atoms with E-state index < -0.39 is 5.60 Å². The van der Waals surface area contributed by atoms with Crippen LogP contribution in [0.3, 0.4) is 0 Å². The van der Waals surface area contributed by atoms with Crippen molar-refractivity contribution in [1.82, 2.24) is 10.3 Å². The molecule has 2 atom stereocenters. The van der Waals surface area contributed by atoms with E-state index >= 15 is 0 Å². The van der Waals surface area contributed by atoms with Gasteiger partial charge in [-0.05, 0) is 50.4 Å². The molecule has 0 radical (unpaired) electrons. The summed E-state index contributed by atoms with van der Waals surface area (Å²) in [7, 11) is 0. The van der Waals surface area contributed by atoms with E-state index in [1.54, 1.807) is 0 Å². The van der Waals surface area contributed by atoms with Gasteiger partial charge >= 0.3 is 0 Å². The Morgan fingerprint density at radius 2 is 2.00 bits per heavy atom. The lowest BCUT2D eigenvalue weighted by Gasteiger charge is -2.60. The topological polar surface area (TPSA) is 85.4 Å². The molecule has 4 aliphatic rings. The van der Waals surface area contributed by atoms with Crippen molar-refractivity contribution in [3.8, 4) is 5.75 Å². The fourth-order valence-corrected chi connectivity index (χ4v) is 5.31. The largest absolute Gasteiger partial charge is 0.503 e. The van der Waals surface area contributed by atoms with Gasteiger partial charge in [0.05, 0.1) is 5.60 Å². The van der Waals surface area contributed by atoms with Gasteiger partial charge in [-0.1, -0.05) is 0 Å². The molecular weight excluding hydrogens is 268 g/mol. The Balaban J connectivity index is 1.51. The molecular formula is C16H22N2O3. The van der Waals surface area contributed by atoms with Crippen molar-refractivity contribution < 1.29 is 10.2 Å². The quantitative estimate of drug-likeness (QED) is 0.675. The first kappa shape index (κ1) is 13.3. The Labute approximate surface area is 123 Å². The smallest absolute Gasteiger partial charge is 0.223 e. The van der Waals surface area contributed by atoms with E-state index in [-0.39, 0.29) is 16.7 Å². The summed E-state index contributed by atoms with van der Waals surface area (Å²) in [6.07, 6.45) is 7.62. The molecule has 0 saturated heterocycles. The zero-order chi connectivity index (χ0) is 14.7. The Hall–Kier alpha value is -1.33. The van der Waals surface area contributed by atoms with Crippen LogP contribution in [-0.4, -0.2) is 26.3 Å². The molecule has 4 fully saturated rings. The molecule has 0 amide bonds. The SMILES string of the molecule is O=c1cc(CNC23CC4CC(CC(O)(C4)C2)C3)[nH]cc1O. The molecule has 0 aromatic carbocycles. The van der Waals surface area contributed by atoms with Crippen LogP contribution in [0.4, 0.5) is 0 Å². The zero-order valence-corrected chi connectivity index (χ0v) is 12.1. The maximum absolute atomic E-state index is 11.5. The molecule has 21 heavy (non-hydrogen) atoms. The van der Waals surface area contributed by atoms with Crippen LogP contribution in [-0.2, 0) is 6.54 Å². The maximum Gasteiger partial charge on any atom is 0.223 e. The minimum absolute atomic E-state index is 0.0214. The second-order valence-corrected chi connectivity index (χ2v) is 7.53. The minimum Gasteiger partial charge on any atom is -0.503 e. The molecule has 5 nitrogen and oxygen atoms in total. The minimum atomic E-state index is -0.473. The van der Waals surface area contributed by atoms with Gasteiger partial charge in [-0.3, -0.25) is 4.79 Å². The lowest BCUT2D eigenvalue weighted by atomic mass is 9.51. The standard InChI is InChI=1S/C16H22N2O3/c19-13-2-12(17-8-14(13)20)7-18-15-3-10-1-11(4-15)6-16(21,5-10)9-15/h2,8,10-11,18,20-21H,1,3-7,9H2,(H,17,19). The van der Waals surface area contributed by atoms with Gasteiger partial charge in [0.2, 0.25) is 5.43 Å². The number of hydrogen-bond acceptors (Lipinski definition) is 4. The summed E-state index contributed by atoms with van der Waals surface area (Å²) >= 11 is 0. The normalized spacial score (nSPS) is 40.6. The van der Waals surface area contributed by atoms with Crippen LogP contribution in [0.2, 0.25) is 0 Å². The Morgan fingerprint density at radius 3 is 2.62 bits per heavy atom. The van der Waals surface area contributed by atoms with Crippen molar-refractivity contribution in [3.05, 3.63) is 28.2 Å². The highest BCUT2D eigenvalue weighted by atomic mass is 16.3. The second kappa shape index (κ2) is 4.34. The average molecular weight is 290 g/mol. The van der Waals surface area contributed by atoms with Gasteiger partial charge in [-0.25, -0.2) is 0 Å². The van der Waals surface area contributed by atoms with E-state index in [1.807, 2.05) is 0 Å². The summed E-state index contributed by atoms with van der Waals surface area (Å²) in [5, 5.41) is 23.6. The Bertz CT molecular complexity index is 610. The molecule has 5 heteroatoms. The number of aromatic nitrogens is 1. The van der Waals surface area contributed by atoms with E-state index in [1.165, 1.54) is 18.7 Å². The molecule has 114 valence electrons. The van der Waals surface area contributed by atoms with Gasteiger partial charge in [-0.15, -0.1) is 0 Å². The number of aliphatic hydroxyl groups is 1. The van der Waals surface area contributed by atoms with Crippen LogP contribution < -0.4 is 10.7 Å². The molecule has 5 rings (SSSR count). The Kier molecular flexibility index (Phi) is 2.75. The third-order valence-electron chi connectivity index (χ3n) is 5.64. The maximum atomic E-state index is 11.5. The van der Waals surface area contributed by atoms with Crippen LogP contribution in [0.5, 0.6) is 5.75 Å². The van der Waals surface area contributed by atoms with E-state index in [4.69, 9.17) is 0 Å². The summed E-state index contributed by atoms with van der Waals surface area (Å²) < 4.78 is 0. The van der Waals surface area contributed by atoms with Crippen molar-refractivity contribution >= 4 is 0 Å². The lowest BCUT2D eigenvalue weighted by molar-refractivity contribution is -0.142. The van der Waals surface area contributed by atoms with Crippen LogP contribution in [0.25, 0.3) is 0 Å². The molecule has 0 spiro atoms. The molecule has 1 aromatic heterocycles. The number of rotatable bonds is 3. The van der Waals surface area contributed by atoms with E-state index in [2.05, 4.69) is 10.3 Å². The van der Waals surface area contributed by atoms with Gasteiger partial charge in [0, 0.05) is 30.0 Å². The predicted octanol–water partition coefficient (Wildman–Crippen LogP) is 1.25. The summed E-state index contributed by atoms with van der Waals surface area (Å²) in [4.78, 5) is 14.4. The molecule has 0 aliphatic heterocycles. The highest BCUT2D eigenvalue weighted by Gasteiger charge is 2.56. The summed E-state index contributed by atoms with van der Waals surface area (Å²) in [6, 6.07) is 1.44. The second-order valence-electron chi connectivity index (χ2n) is 7.53. The van der Waals surface area contributed by atoms with E-state index in [9.17, 15) is 15.0 Å². The van der Waals surface area contributed by atoms with Crippen LogP contribution in [0, 0.1) is 11.8 Å². The Morgan fingerprint density at radius 1 is 1.29 bits per heavy atom. The van der Waals surface area contributed by atoms with Gasteiger partial charge in [0.15, 0.2) is 5.75 Å². The molecule has 2 unspecified atom stereocenters. The molecule has 1 aromatic rings. The summed E-state index contributed by atoms with van der Waals surface area (Å²) in [5.74, 6) is 1.04. The third-order valence-corrected chi connectivity index (χ3v) is 5.64. The lowest BCUT2D eigenvalue weighted by Crippen LogP contribution is -2.64. The van der Waals surface area contributed by atoms with Crippen molar-refractivity contribution in [1.29, 1.82) is 0 Å². The predicted molar refractivity (Wildman–Crippen MR) is 77.9 cm³/mol. The van der Waals surface area contributed by atoms with Gasteiger partial charge < -0.3 is 20.5 Å². The number of aromatic amines is 1. The molecule has 1 heterocycles. The van der Waals surface area contributed by atoms with Crippen molar-refractivity contribution in [3.63, 3.8) is 0 Å². The average Bonchev–Trinajstić information content (AvgIpc) is 2.37. The summed E-state index contributed by atoms with van der Waals surface area (Å²) in [6.45, 7) is 0.574. The first-order valence-electron chi connectivity index (χ1n) is 7.83. The molecule has 4 aliphatic carbocycles. The van der Waals surface area contributed by atoms with Gasteiger partial charge in [0.1, 0.15) is 0 Å². The van der Waals surface area contributed by atoms with Crippen molar-refractivity contribution in [2.75, 3.05) is 0 Å². The van der Waals surface area contributed by atoms with Crippen LogP contribution in [0.15, 0.2) is 17.1 Å². The molecule has 4 saturated carbocycles. The fraction of sp³-hybridized carbons (Fsp3) is 0.688. The number of pyridine rings is 1. The summed E-state index contributed by atoms with van der Waals surface area (Å²) in [5.41, 5.74) is -0.0252. The van der Waals surface area contributed by atoms with Crippen molar-refractivity contribution in [2.45, 2.75) is 56.2 Å². The van der Waals surface area contributed by atoms with Gasteiger partial charge in [0.25, 0.3) is 0 Å². The highest BCUT2D eigenvalue weighted by molar-refractivity contribution is 5.19. The number of nitrogens with one attached hydrogen (secondary N) is 2. The van der Waals surface area contributed by atoms with E-state index in [0.717, 1.165) is 37.8 Å². The van der Waals surface area contributed by atoms with Crippen LogP contribution in [0.1, 0.15) is 44.2 Å². The highest BCUT2D eigenvalue weighted by Crippen LogP contribution is 2.57. The number of aromatic hydroxyl groups is 1. The zero-order valence-electron chi connectivity index (χ0n) is 12.1. The third kappa shape index (κ3) is 2.28. The fourth-order valence-electron chi connectivity index (χ4n) is 5.31. The molecule has 4 N–H and O–H groups in total. The number of H-pyrrole nitrogens is 1. The monoisotopic (exact) mass is 290 g/mol. The first-order chi connectivity index (χ1) is 9.95. The first-order valence-corrected chi connectivity index (χ1v) is 7.83. The number of hydrogen-bond donors (Lipinski definition) is 4. The van der Waals surface area contributed by atoms with Crippen molar-refractivity contribution in [2.24, 2.45) is 11.8 Å². The van der Waals surface area contributed by atoms with Crippen LogP contribution >= 0.6 is 0 Å².